The van der Waals surface area contributed by atoms with Crippen LogP contribution in [-0.4, -0.2) is 23.7 Å². The summed E-state index contributed by atoms with van der Waals surface area (Å²) in [6.07, 6.45) is 0. The van der Waals surface area contributed by atoms with Crippen LogP contribution in [0.25, 0.3) is 11.1 Å². The zero-order chi connectivity index (χ0) is 15.7. The lowest BCUT2D eigenvalue weighted by Crippen LogP contribution is -2.24. The quantitative estimate of drug-likeness (QED) is 0.695. The fourth-order valence-corrected chi connectivity index (χ4v) is 2.83. The number of carboxylic acids is 1. The number of esters is 1. The van der Waals surface area contributed by atoms with Crippen molar-refractivity contribution in [1.82, 2.24) is 0 Å². The molecule has 0 unspecified atom stereocenters. The van der Waals surface area contributed by atoms with Crippen molar-refractivity contribution in [1.29, 1.82) is 0 Å². The minimum Gasteiger partial charge on any atom is -0.481 e. The molecule has 0 aliphatic heterocycles. The molecular weight excluding hydrogens is 280 g/mol. The molecule has 22 heavy (non-hydrogen) atoms. The number of carbonyl (C=O) groups is 2. The van der Waals surface area contributed by atoms with E-state index in [4.69, 9.17) is 9.84 Å². The number of carboxylic acid groups (broad SMARTS) is 1. The van der Waals surface area contributed by atoms with Crippen molar-refractivity contribution in [2.75, 3.05) is 6.61 Å². The van der Waals surface area contributed by atoms with Gasteiger partial charge in [0, 0.05) is 5.92 Å². The van der Waals surface area contributed by atoms with Crippen LogP contribution in [0.1, 0.15) is 24.0 Å². The minimum absolute atomic E-state index is 0.0441. The second-order valence-corrected chi connectivity index (χ2v) is 5.42. The first-order valence-electron chi connectivity index (χ1n) is 7.17. The molecule has 2 aromatic carbocycles. The smallest absolute Gasteiger partial charge is 0.320 e. The van der Waals surface area contributed by atoms with Gasteiger partial charge in [-0.25, -0.2) is 0 Å². The summed E-state index contributed by atoms with van der Waals surface area (Å²) in [5.74, 6) is -3.06. The van der Waals surface area contributed by atoms with Gasteiger partial charge in [-0.1, -0.05) is 48.5 Å². The van der Waals surface area contributed by atoms with Crippen LogP contribution in [0.3, 0.4) is 0 Å². The first-order chi connectivity index (χ1) is 10.6. The number of carbonyl (C=O) groups excluding carboxylic acids is 1. The topological polar surface area (TPSA) is 63.6 Å². The van der Waals surface area contributed by atoms with Crippen molar-refractivity contribution in [2.45, 2.75) is 12.8 Å². The van der Waals surface area contributed by atoms with Crippen LogP contribution in [-0.2, 0) is 14.3 Å². The molecule has 1 aliphatic carbocycles. The highest BCUT2D eigenvalue weighted by Gasteiger charge is 2.30. The maximum Gasteiger partial charge on any atom is 0.320 e. The zero-order valence-corrected chi connectivity index (χ0v) is 12.2. The highest BCUT2D eigenvalue weighted by molar-refractivity contribution is 5.93. The van der Waals surface area contributed by atoms with Crippen molar-refractivity contribution in [3.8, 4) is 11.1 Å². The Kier molecular flexibility index (Phi) is 3.67. The van der Waals surface area contributed by atoms with Gasteiger partial charge in [-0.05, 0) is 29.2 Å². The van der Waals surface area contributed by atoms with Crippen LogP contribution in [0.4, 0.5) is 0 Å². The third-order valence-corrected chi connectivity index (χ3v) is 4.08. The van der Waals surface area contributed by atoms with E-state index in [1.807, 2.05) is 36.4 Å². The van der Waals surface area contributed by atoms with Gasteiger partial charge in [0.05, 0.1) is 0 Å². The van der Waals surface area contributed by atoms with E-state index in [0.29, 0.717) is 0 Å². The Morgan fingerprint density at radius 3 is 2.05 bits per heavy atom. The normalized spacial score (nSPS) is 14.0. The second-order valence-electron chi connectivity index (χ2n) is 5.42. The first-order valence-corrected chi connectivity index (χ1v) is 7.17. The molecule has 1 aliphatic rings. The molecule has 0 aromatic heterocycles. The molecule has 0 heterocycles. The number of fused-ring (bicyclic) bond motifs is 3. The van der Waals surface area contributed by atoms with E-state index in [1.165, 1.54) is 6.92 Å². The molecule has 4 heteroatoms. The molecular formula is C18H16O4. The van der Waals surface area contributed by atoms with Crippen LogP contribution in [0.15, 0.2) is 48.5 Å². The van der Waals surface area contributed by atoms with E-state index in [0.717, 1.165) is 22.3 Å². The average Bonchev–Trinajstić information content (AvgIpc) is 2.86. The van der Waals surface area contributed by atoms with Crippen LogP contribution >= 0.6 is 0 Å². The van der Waals surface area contributed by atoms with Crippen molar-refractivity contribution in [2.24, 2.45) is 5.92 Å². The number of aliphatic carboxylic acids is 1. The Balaban J connectivity index is 1.85. The van der Waals surface area contributed by atoms with Crippen molar-refractivity contribution >= 4 is 11.9 Å². The molecule has 0 saturated carbocycles. The Hall–Kier alpha value is -2.62. The number of benzene rings is 2. The molecule has 1 atom stereocenters. The third kappa shape index (κ3) is 2.37. The molecule has 0 bridgehead atoms. The van der Waals surface area contributed by atoms with Gasteiger partial charge in [0.15, 0.2) is 5.92 Å². The largest absolute Gasteiger partial charge is 0.481 e. The molecule has 0 saturated heterocycles. The number of hydrogen-bond donors (Lipinski definition) is 1. The minimum atomic E-state index is -1.17. The summed E-state index contributed by atoms with van der Waals surface area (Å²) in [5.41, 5.74) is 4.51. The lowest BCUT2D eigenvalue weighted by atomic mass is 9.98. The second kappa shape index (κ2) is 5.64. The summed E-state index contributed by atoms with van der Waals surface area (Å²) in [4.78, 5) is 22.6. The van der Waals surface area contributed by atoms with Gasteiger partial charge in [-0.2, -0.15) is 0 Å². The maximum absolute atomic E-state index is 11.8. The van der Waals surface area contributed by atoms with E-state index in [2.05, 4.69) is 12.1 Å². The van der Waals surface area contributed by atoms with Crippen LogP contribution < -0.4 is 0 Å². The van der Waals surface area contributed by atoms with Gasteiger partial charge in [-0.15, -0.1) is 0 Å². The van der Waals surface area contributed by atoms with E-state index >= 15 is 0 Å². The fourth-order valence-electron chi connectivity index (χ4n) is 2.83. The van der Waals surface area contributed by atoms with Gasteiger partial charge in [0.1, 0.15) is 6.61 Å². The lowest BCUT2D eigenvalue weighted by Gasteiger charge is -2.15. The van der Waals surface area contributed by atoms with E-state index < -0.39 is 17.9 Å². The Labute approximate surface area is 128 Å². The summed E-state index contributed by atoms with van der Waals surface area (Å²) in [7, 11) is 0. The van der Waals surface area contributed by atoms with Crippen LogP contribution in [0, 0.1) is 5.92 Å². The van der Waals surface area contributed by atoms with E-state index in [-0.39, 0.29) is 12.5 Å². The monoisotopic (exact) mass is 296 g/mol. The lowest BCUT2D eigenvalue weighted by molar-refractivity contribution is -0.157. The fraction of sp³-hybridized carbons (Fsp3) is 0.222. The molecule has 1 N–H and O–H groups in total. The molecule has 0 spiro atoms. The number of rotatable bonds is 4. The highest BCUT2D eigenvalue weighted by atomic mass is 16.5. The first kappa shape index (κ1) is 14.3. The Bertz CT molecular complexity index is 690. The summed E-state index contributed by atoms with van der Waals surface area (Å²) in [5, 5.41) is 8.86. The Morgan fingerprint density at radius 1 is 1.05 bits per heavy atom. The zero-order valence-electron chi connectivity index (χ0n) is 12.2. The predicted octanol–water partition coefficient (Wildman–Crippen LogP) is 3.06. The van der Waals surface area contributed by atoms with E-state index in [1.54, 1.807) is 0 Å². The molecule has 0 radical (unpaired) electrons. The van der Waals surface area contributed by atoms with Crippen LogP contribution in [0.5, 0.6) is 0 Å². The average molecular weight is 296 g/mol. The standard InChI is InChI=1S/C18H16O4/c1-11(17(19)20)18(21)22-10-16-14-8-4-2-6-12(14)13-7-3-5-9-15(13)16/h2-9,11,16H,10H2,1H3,(H,19,20)/t11-/m1/s1. The van der Waals surface area contributed by atoms with Gasteiger partial charge in [-0.3, -0.25) is 9.59 Å². The predicted molar refractivity (Wildman–Crippen MR) is 81.5 cm³/mol. The molecule has 3 rings (SSSR count). The molecule has 0 fully saturated rings. The van der Waals surface area contributed by atoms with E-state index in [9.17, 15) is 9.59 Å². The summed E-state index contributed by atoms with van der Waals surface area (Å²) < 4.78 is 5.24. The van der Waals surface area contributed by atoms with Crippen LogP contribution in [0.2, 0.25) is 0 Å². The highest BCUT2D eigenvalue weighted by Crippen LogP contribution is 2.44. The van der Waals surface area contributed by atoms with Crippen molar-refractivity contribution in [3.05, 3.63) is 59.7 Å². The Morgan fingerprint density at radius 2 is 1.55 bits per heavy atom. The van der Waals surface area contributed by atoms with Crippen molar-refractivity contribution < 1.29 is 19.4 Å². The van der Waals surface area contributed by atoms with Gasteiger partial charge in [0.2, 0.25) is 0 Å². The molecule has 0 amide bonds. The third-order valence-electron chi connectivity index (χ3n) is 4.08. The number of hydrogen-bond acceptors (Lipinski definition) is 3. The van der Waals surface area contributed by atoms with Gasteiger partial charge < -0.3 is 9.84 Å². The molecule has 2 aromatic rings. The molecule has 4 nitrogen and oxygen atoms in total. The summed E-state index contributed by atoms with van der Waals surface area (Å²) in [6.45, 7) is 1.49. The number of ether oxygens (including phenoxy) is 1. The van der Waals surface area contributed by atoms with Gasteiger partial charge in [0.25, 0.3) is 0 Å². The maximum atomic E-state index is 11.8. The van der Waals surface area contributed by atoms with Crippen molar-refractivity contribution in [3.63, 3.8) is 0 Å². The summed E-state index contributed by atoms with van der Waals surface area (Å²) in [6, 6.07) is 16.0. The summed E-state index contributed by atoms with van der Waals surface area (Å²) >= 11 is 0. The molecule has 112 valence electrons. The SMILES string of the molecule is C[C@H](C(=O)O)C(=O)OCC1c2ccccc2-c2ccccc21. The van der Waals surface area contributed by atoms with Gasteiger partial charge >= 0.3 is 11.9 Å².